The number of anilines is 1. The Morgan fingerprint density at radius 1 is 0.875 bits per heavy atom. The third-order valence-electron chi connectivity index (χ3n) is 3.65. The van der Waals surface area contributed by atoms with Crippen molar-refractivity contribution in [2.45, 2.75) is 6.54 Å². The van der Waals surface area contributed by atoms with Gasteiger partial charge in [-0.25, -0.2) is 0 Å². The first-order valence-electron chi connectivity index (χ1n) is 7.64. The van der Waals surface area contributed by atoms with Crippen LogP contribution in [0.15, 0.2) is 76.6 Å². The van der Waals surface area contributed by atoms with Crippen molar-refractivity contribution in [1.29, 1.82) is 0 Å². The third kappa shape index (κ3) is 3.21. The number of thiophene rings is 1. The van der Waals surface area contributed by atoms with Gasteiger partial charge in [-0.3, -0.25) is 0 Å². The Kier molecular flexibility index (Phi) is 4.08. The molecule has 0 aliphatic heterocycles. The Hall–Kier alpha value is -2.92. The van der Waals surface area contributed by atoms with Gasteiger partial charge in [-0.2, -0.15) is 4.98 Å². The molecule has 4 nitrogen and oxygen atoms in total. The highest BCUT2D eigenvalue weighted by atomic mass is 32.1. The zero-order chi connectivity index (χ0) is 16.2. The molecule has 0 saturated carbocycles. The first-order valence-corrected chi connectivity index (χ1v) is 8.52. The van der Waals surface area contributed by atoms with E-state index in [4.69, 9.17) is 4.52 Å². The predicted octanol–water partition coefficient (Wildman–Crippen LogP) is 5.08. The maximum atomic E-state index is 5.29. The summed E-state index contributed by atoms with van der Waals surface area (Å²) >= 11 is 1.60. The Morgan fingerprint density at radius 2 is 1.67 bits per heavy atom. The SMILES string of the molecule is c1ccc(-c2ccc(NCc3nc(-c4cccs4)no3)cc2)cc1. The zero-order valence-corrected chi connectivity index (χ0v) is 13.7. The van der Waals surface area contributed by atoms with Gasteiger partial charge >= 0.3 is 0 Å². The lowest BCUT2D eigenvalue weighted by atomic mass is 10.1. The summed E-state index contributed by atoms with van der Waals surface area (Å²) < 4.78 is 5.29. The van der Waals surface area contributed by atoms with Gasteiger partial charge in [-0.15, -0.1) is 11.3 Å². The number of rotatable bonds is 5. The number of hydrogen-bond acceptors (Lipinski definition) is 5. The molecule has 0 spiro atoms. The van der Waals surface area contributed by atoms with Crippen LogP contribution >= 0.6 is 11.3 Å². The van der Waals surface area contributed by atoms with Crippen LogP contribution in [0.3, 0.4) is 0 Å². The van der Waals surface area contributed by atoms with E-state index >= 15 is 0 Å². The standard InChI is InChI=1S/C19H15N3OS/c1-2-5-14(6-3-1)15-8-10-16(11-9-15)20-13-18-21-19(22-23-18)17-7-4-12-24-17/h1-12,20H,13H2. The van der Waals surface area contributed by atoms with E-state index in [9.17, 15) is 0 Å². The summed E-state index contributed by atoms with van der Waals surface area (Å²) in [5.41, 5.74) is 3.42. The lowest BCUT2D eigenvalue weighted by Crippen LogP contribution is -1.99. The molecule has 4 aromatic rings. The summed E-state index contributed by atoms with van der Waals surface area (Å²) in [6, 6.07) is 22.6. The molecule has 0 aliphatic rings. The van der Waals surface area contributed by atoms with E-state index < -0.39 is 0 Å². The molecule has 2 heterocycles. The molecule has 0 atom stereocenters. The largest absolute Gasteiger partial charge is 0.376 e. The maximum Gasteiger partial charge on any atom is 0.246 e. The van der Waals surface area contributed by atoms with E-state index in [1.54, 1.807) is 11.3 Å². The Labute approximate surface area is 143 Å². The topological polar surface area (TPSA) is 51.0 Å². The highest BCUT2D eigenvalue weighted by Crippen LogP contribution is 2.23. The van der Waals surface area contributed by atoms with Crippen LogP contribution < -0.4 is 5.32 Å². The summed E-state index contributed by atoms with van der Waals surface area (Å²) in [6.07, 6.45) is 0. The second-order valence-electron chi connectivity index (χ2n) is 5.29. The minimum absolute atomic E-state index is 0.503. The summed E-state index contributed by atoms with van der Waals surface area (Å²) in [5, 5.41) is 9.31. The molecule has 0 amide bonds. The van der Waals surface area contributed by atoms with Crippen LogP contribution in [-0.2, 0) is 6.54 Å². The van der Waals surface area contributed by atoms with Crippen LogP contribution in [0.25, 0.3) is 21.8 Å². The summed E-state index contributed by atoms with van der Waals surface area (Å²) in [6.45, 7) is 0.503. The average Bonchev–Trinajstić information content (AvgIpc) is 3.33. The monoisotopic (exact) mass is 333 g/mol. The van der Waals surface area contributed by atoms with Crippen molar-refractivity contribution in [3.63, 3.8) is 0 Å². The predicted molar refractivity (Wildman–Crippen MR) is 96.8 cm³/mol. The molecule has 0 unspecified atom stereocenters. The number of benzene rings is 2. The Morgan fingerprint density at radius 3 is 2.42 bits per heavy atom. The number of hydrogen-bond donors (Lipinski definition) is 1. The van der Waals surface area contributed by atoms with Crippen molar-refractivity contribution in [3.8, 4) is 21.8 Å². The quantitative estimate of drug-likeness (QED) is 0.553. The van der Waals surface area contributed by atoms with Gasteiger partial charge in [-0.05, 0) is 34.7 Å². The fraction of sp³-hybridized carbons (Fsp3) is 0.0526. The maximum absolute atomic E-state index is 5.29. The fourth-order valence-electron chi connectivity index (χ4n) is 2.42. The third-order valence-corrected chi connectivity index (χ3v) is 4.51. The van der Waals surface area contributed by atoms with Crippen molar-refractivity contribution >= 4 is 17.0 Å². The highest BCUT2D eigenvalue weighted by molar-refractivity contribution is 7.13. The molecular formula is C19H15N3OS. The number of nitrogens with one attached hydrogen (secondary N) is 1. The van der Waals surface area contributed by atoms with E-state index in [2.05, 4.69) is 51.9 Å². The van der Waals surface area contributed by atoms with Crippen molar-refractivity contribution in [1.82, 2.24) is 10.1 Å². The molecule has 118 valence electrons. The Balaban J connectivity index is 1.41. The minimum atomic E-state index is 0.503. The lowest BCUT2D eigenvalue weighted by molar-refractivity contribution is 0.384. The summed E-state index contributed by atoms with van der Waals surface area (Å²) in [5.74, 6) is 1.21. The van der Waals surface area contributed by atoms with Crippen LogP contribution in [0, 0.1) is 0 Å². The molecule has 0 aliphatic carbocycles. The molecule has 2 aromatic heterocycles. The van der Waals surface area contributed by atoms with E-state index in [1.807, 2.05) is 35.7 Å². The molecule has 0 saturated heterocycles. The number of aromatic nitrogens is 2. The normalized spacial score (nSPS) is 10.7. The van der Waals surface area contributed by atoms with Crippen LogP contribution in [0.5, 0.6) is 0 Å². The van der Waals surface area contributed by atoms with Crippen molar-refractivity contribution < 1.29 is 4.52 Å². The van der Waals surface area contributed by atoms with Crippen LogP contribution in [0.4, 0.5) is 5.69 Å². The molecule has 0 bridgehead atoms. The van der Waals surface area contributed by atoms with Gasteiger partial charge in [-0.1, -0.05) is 53.7 Å². The summed E-state index contributed by atoms with van der Waals surface area (Å²) in [7, 11) is 0. The molecule has 0 fully saturated rings. The molecule has 24 heavy (non-hydrogen) atoms. The first kappa shape index (κ1) is 14.7. The van der Waals surface area contributed by atoms with Crippen LogP contribution in [0.2, 0.25) is 0 Å². The van der Waals surface area contributed by atoms with Crippen LogP contribution in [0.1, 0.15) is 5.89 Å². The minimum Gasteiger partial charge on any atom is -0.376 e. The van der Waals surface area contributed by atoms with Gasteiger partial charge in [0.1, 0.15) is 0 Å². The average molecular weight is 333 g/mol. The second-order valence-corrected chi connectivity index (χ2v) is 6.23. The fourth-order valence-corrected chi connectivity index (χ4v) is 3.07. The van der Waals surface area contributed by atoms with Crippen molar-refractivity contribution in [2.75, 3.05) is 5.32 Å². The number of nitrogens with zero attached hydrogens (tertiary/aromatic N) is 2. The van der Waals surface area contributed by atoms with Gasteiger partial charge in [0.05, 0.1) is 11.4 Å². The highest BCUT2D eigenvalue weighted by Gasteiger charge is 2.09. The van der Waals surface area contributed by atoms with Gasteiger partial charge in [0.25, 0.3) is 0 Å². The van der Waals surface area contributed by atoms with Crippen molar-refractivity contribution in [2.24, 2.45) is 0 Å². The molecule has 4 rings (SSSR count). The van der Waals surface area contributed by atoms with E-state index in [0.29, 0.717) is 18.3 Å². The molecule has 0 radical (unpaired) electrons. The van der Waals surface area contributed by atoms with Gasteiger partial charge in [0.2, 0.25) is 11.7 Å². The molecule has 1 N–H and O–H groups in total. The van der Waals surface area contributed by atoms with Crippen LogP contribution in [-0.4, -0.2) is 10.1 Å². The smallest absolute Gasteiger partial charge is 0.246 e. The zero-order valence-electron chi connectivity index (χ0n) is 12.8. The molecule has 5 heteroatoms. The van der Waals surface area contributed by atoms with E-state index in [-0.39, 0.29) is 0 Å². The van der Waals surface area contributed by atoms with Crippen molar-refractivity contribution in [3.05, 3.63) is 78.0 Å². The van der Waals surface area contributed by atoms with Gasteiger partial charge < -0.3 is 9.84 Å². The first-order chi connectivity index (χ1) is 11.9. The Bertz CT molecular complexity index is 899. The van der Waals surface area contributed by atoms with Gasteiger partial charge in [0.15, 0.2) is 0 Å². The van der Waals surface area contributed by atoms with E-state index in [0.717, 1.165) is 10.6 Å². The van der Waals surface area contributed by atoms with Gasteiger partial charge in [0, 0.05) is 5.69 Å². The summed E-state index contributed by atoms with van der Waals surface area (Å²) in [4.78, 5) is 5.41. The molecule has 2 aromatic carbocycles. The lowest BCUT2D eigenvalue weighted by Gasteiger charge is -2.05. The second kappa shape index (κ2) is 6.68. The molecular weight excluding hydrogens is 318 g/mol. The van der Waals surface area contributed by atoms with E-state index in [1.165, 1.54) is 11.1 Å².